The van der Waals surface area contributed by atoms with Gasteiger partial charge in [-0.1, -0.05) is 0 Å². The van der Waals surface area contributed by atoms with Crippen molar-refractivity contribution in [2.24, 2.45) is 5.73 Å². The molecule has 1 unspecified atom stereocenters. The van der Waals surface area contributed by atoms with Crippen LogP contribution in [0.15, 0.2) is 0 Å². The van der Waals surface area contributed by atoms with Crippen molar-refractivity contribution in [2.45, 2.75) is 6.04 Å². The average Bonchev–Trinajstić information content (AvgIpc) is 2.58. The molecule has 1 heterocycles. The van der Waals surface area contributed by atoms with E-state index >= 15 is 0 Å². The molecule has 2 amide bonds. The normalized spacial score (nSPS) is 17.7. The number of carboxylic acids is 1. The number of amides is 2. The van der Waals surface area contributed by atoms with Gasteiger partial charge in [-0.15, -0.1) is 0 Å². The lowest BCUT2D eigenvalue weighted by Gasteiger charge is -2.13. The molecule has 6 nitrogen and oxygen atoms in total. The number of carbonyl (C=O) groups excluding carboxylic acids is 1. The fourth-order valence-corrected chi connectivity index (χ4v) is 2.09. The minimum Gasteiger partial charge on any atom is -0.480 e. The van der Waals surface area contributed by atoms with E-state index in [1.807, 2.05) is 0 Å². The van der Waals surface area contributed by atoms with Gasteiger partial charge in [0.25, 0.3) is 0 Å². The topological polar surface area (TPSA) is 95.7 Å². The van der Waals surface area contributed by atoms with Gasteiger partial charge in [0.2, 0.25) is 0 Å². The molecule has 15 heavy (non-hydrogen) atoms. The van der Waals surface area contributed by atoms with Crippen molar-refractivity contribution in [3.05, 3.63) is 0 Å². The lowest BCUT2D eigenvalue weighted by atomic mass is 10.4. The maximum Gasteiger partial charge on any atom is 0.321 e. The van der Waals surface area contributed by atoms with E-state index in [0.717, 1.165) is 6.54 Å². The summed E-state index contributed by atoms with van der Waals surface area (Å²) < 4.78 is 0. The second-order valence-corrected chi connectivity index (χ2v) is 4.39. The summed E-state index contributed by atoms with van der Waals surface area (Å²) in [5.74, 6) is 0.112. The molecule has 0 spiro atoms. The van der Waals surface area contributed by atoms with Gasteiger partial charge in [-0.3, -0.25) is 4.79 Å². The number of nitrogens with two attached hydrogens (primary N) is 1. The zero-order valence-electron chi connectivity index (χ0n) is 8.31. The number of nitrogens with one attached hydrogen (secondary N) is 1. The molecule has 0 aromatic rings. The van der Waals surface area contributed by atoms with E-state index in [-0.39, 0.29) is 6.03 Å². The Bertz CT molecular complexity index is 249. The van der Waals surface area contributed by atoms with Gasteiger partial charge < -0.3 is 21.1 Å². The minimum atomic E-state index is -0.985. The Morgan fingerprint density at radius 2 is 2.47 bits per heavy atom. The predicted molar refractivity (Wildman–Crippen MR) is 57.9 cm³/mol. The Morgan fingerprint density at radius 1 is 1.73 bits per heavy atom. The number of aliphatic carboxylic acids is 1. The molecule has 1 aliphatic rings. The van der Waals surface area contributed by atoms with Crippen molar-refractivity contribution in [1.82, 2.24) is 10.2 Å². The molecule has 0 saturated carbocycles. The second-order valence-electron chi connectivity index (χ2n) is 3.24. The third kappa shape index (κ3) is 3.96. The maximum atomic E-state index is 11.1. The Balaban J connectivity index is 2.06. The summed E-state index contributed by atoms with van der Waals surface area (Å²) in [5.41, 5.74) is 5.32. The van der Waals surface area contributed by atoms with Crippen LogP contribution in [-0.4, -0.2) is 59.2 Å². The standard InChI is InChI=1S/C8H15N3O3S/c9-6(7(12)13)5-15-4-3-11-2-1-10-8(11)14/h6H,1-5,9H2,(H,10,14)(H,12,13). The van der Waals surface area contributed by atoms with Gasteiger partial charge in [-0.2, -0.15) is 11.8 Å². The SMILES string of the molecule is NC(CSCCN1CCNC1=O)C(=O)O. The summed E-state index contributed by atoms with van der Waals surface area (Å²) in [4.78, 5) is 23.2. The Hall–Kier alpha value is -0.950. The van der Waals surface area contributed by atoms with Crippen LogP contribution in [0.4, 0.5) is 4.79 Å². The Kier molecular flexibility index (Phi) is 4.70. The van der Waals surface area contributed by atoms with Crippen LogP contribution in [0.5, 0.6) is 0 Å². The average molecular weight is 233 g/mol. The molecule has 1 rings (SSSR count). The van der Waals surface area contributed by atoms with Crippen molar-refractivity contribution < 1.29 is 14.7 Å². The number of carboxylic acid groups (broad SMARTS) is 1. The zero-order chi connectivity index (χ0) is 11.3. The van der Waals surface area contributed by atoms with Crippen LogP contribution in [-0.2, 0) is 4.79 Å². The summed E-state index contributed by atoms with van der Waals surface area (Å²) in [6.07, 6.45) is 0. The molecule has 1 saturated heterocycles. The van der Waals surface area contributed by atoms with Crippen LogP contribution in [0.2, 0.25) is 0 Å². The summed E-state index contributed by atoms with van der Waals surface area (Å²) in [6, 6.07) is -0.861. The molecule has 1 fully saturated rings. The third-order valence-electron chi connectivity index (χ3n) is 2.07. The first-order chi connectivity index (χ1) is 7.11. The summed E-state index contributed by atoms with van der Waals surface area (Å²) in [5, 5.41) is 11.2. The maximum absolute atomic E-state index is 11.1. The summed E-state index contributed by atoms with van der Waals surface area (Å²) >= 11 is 1.45. The molecule has 0 radical (unpaired) electrons. The first-order valence-electron chi connectivity index (χ1n) is 4.70. The number of hydrogen-bond acceptors (Lipinski definition) is 4. The van der Waals surface area contributed by atoms with E-state index in [2.05, 4.69) is 5.32 Å². The fourth-order valence-electron chi connectivity index (χ4n) is 1.18. The van der Waals surface area contributed by atoms with Gasteiger partial charge >= 0.3 is 12.0 Å². The summed E-state index contributed by atoms with van der Waals surface area (Å²) in [6.45, 7) is 2.06. The molecule has 7 heteroatoms. The van der Waals surface area contributed by atoms with Crippen molar-refractivity contribution in [3.63, 3.8) is 0 Å². The van der Waals surface area contributed by atoms with E-state index < -0.39 is 12.0 Å². The van der Waals surface area contributed by atoms with E-state index in [1.54, 1.807) is 4.90 Å². The molecule has 1 atom stereocenters. The number of hydrogen-bond donors (Lipinski definition) is 3. The first-order valence-corrected chi connectivity index (χ1v) is 5.85. The molecular formula is C8H15N3O3S. The van der Waals surface area contributed by atoms with Crippen LogP contribution in [0, 0.1) is 0 Å². The molecule has 86 valence electrons. The monoisotopic (exact) mass is 233 g/mol. The quantitative estimate of drug-likeness (QED) is 0.520. The van der Waals surface area contributed by atoms with E-state index in [1.165, 1.54) is 11.8 Å². The highest BCUT2D eigenvalue weighted by Gasteiger charge is 2.18. The van der Waals surface area contributed by atoms with Crippen molar-refractivity contribution in [3.8, 4) is 0 Å². The van der Waals surface area contributed by atoms with Crippen LogP contribution >= 0.6 is 11.8 Å². The minimum absolute atomic E-state index is 0.0434. The van der Waals surface area contributed by atoms with Crippen molar-refractivity contribution >= 4 is 23.8 Å². The highest BCUT2D eigenvalue weighted by atomic mass is 32.2. The van der Waals surface area contributed by atoms with Gasteiger partial charge in [0.05, 0.1) is 0 Å². The predicted octanol–water partition coefficient (Wildman–Crippen LogP) is -0.843. The number of urea groups is 1. The van der Waals surface area contributed by atoms with E-state index in [4.69, 9.17) is 10.8 Å². The number of thioether (sulfide) groups is 1. The molecule has 0 aromatic heterocycles. The fraction of sp³-hybridized carbons (Fsp3) is 0.750. The van der Waals surface area contributed by atoms with Crippen molar-refractivity contribution in [2.75, 3.05) is 31.1 Å². The Labute approximate surface area is 92.2 Å². The molecule has 0 aromatic carbocycles. The molecule has 1 aliphatic heterocycles. The smallest absolute Gasteiger partial charge is 0.321 e. The largest absolute Gasteiger partial charge is 0.480 e. The van der Waals surface area contributed by atoms with Gasteiger partial charge in [0, 0.05) is 31.1 Å². The van der Waals surface area contributed by atoms with E-state index in [9.17, 15) is 9.59 Å². The van der Waals surface area contributed by atoms with E-state index in [0.29, 0.717) is 24.6 Å². The molecule has 0 bridgehead atoms. The Morgan fingerprint density at radius 3 is 3.00 bits per heavy atom. The molecule has 0 aliphatic carbocycles. The lowest BCUT2D eigenvalue weighted by molar-refractivity contribution is -0.137. The first kappa shape index (κ1) is 12.1. The van der Waals surface area contributed by atoms with Gasteiger partial charge in [0.15, 0.2) is 0 Å². The van der Waals surface area contributed by atoms with Crippen molar-refractivity contribution in [1.29, 1.82) is 0 Å². The molecule has 4 N–H and O–H groups in total. The number of rotatable bonds is 6. The summed E-state index contributed by atoms with van der Waals surface area (Å²) in [7, 11) is 0. The van der Waals surface area contributed by atoms with Crippen LogP contribution in [0.3, 0.4) is 0 Å². The second kappa shape index (κ2) is 5.82. The lowest BCUT2D eigenvalue weighted by Crippen LogP contribution is -2.33. The van der Waals surface area contributed by atoms with Crippen LogP contribution < -0.4 is 11.1 Å². The van der Waals surface area contributed by atoms with Gasteiger partial charge in [-0.05, 0) is 0 Å². The van der Waals surface area contributed by atoms with Crippen LogP contribution in [0.25, 0.3) is 0 Å². The van der Waals surface area contributed by atoms with Gasteiger partial charge in [-0.25, -0.2) is 4.79 Å². The number of carbonyl (C=O) groups is 2. The highest BCUT2D eigenvalue weighted by molar-refractivity contribution is 7.99. The van der Waals surface area contributed by atoms with Crippen LogP contribution in [0.1, 0.15) is 0 Å². The zero-order valence-corrected chi connectivity index (χ0v) is 9.13. The van der Waals surface area contributed by atoms with Gasteiger partial charge in [0.1, 0.15) is 6.04 Å². The molecular weight excluding hydrogens is 218 g/mol. The highest BCUT2D eigenvalue weighted by Crippen LogP contribution is 2.04. The third-order valence-corrected chi connectivity index (χ3v) is 3.13. The number of nitrogens with zero attached hydrogens (tertiary/aromatic N) is 1.